The summed E-state index contributed by atoms with van der Waals surface area (Å²) in [5.41, 5.74) is 0.133. The minimum absolute atomic E-state index is 0. The van der Waals surface area contributed by atoms with Gasteiger partial charge in [0.2, 0.25) is 5.91 Å². The first-order valence-electron chi connectivity index (χ1n) is 5.06. The second kappa shape index (κ2) is 6.30. The Balaban J connectivity index is 0.00000196. The van der Waals surface area contributed by atoms with E-state index in [1.54, 1.807) is 0 Å². The van der Waals surface area contributed by atoms with Crippen LogP contribution in [-0.4, -0.2) is 38.3 Å². The van der Waals surface area contributed by atoms with E-state index in [9.17, 15) is 4.79 Å². The highest BCUT2D eigenvalue weighted by molar-refractivity contribution is 5.85. The molecule has 90 valence electrons. The molecule has 0 aromatic rings. The topological polar surface area (TPSA) is 50.4 Å². The first kappa shape index (κ1) is 14.7. The minimum atomic E-state index is -0.0215. The van der Waals surface area contributed by atoms with E-state index in [-0.39, 0.29) is 36.4 Å². The van der Waals surface area contributed by atoms with Crippen molar-refractivity contribution >= 4 is 18.3 Å². The summed E-state index contributed by atoms with van der Waals surface area (Å²) < 4.78 is 5.33. The van der Waals surface area contributed by atoms with Crippen molar-refractivity contribution in [2.75, 3.05) is 26.2 Å². The number of carbonyl (C=O) groups excluding carboxylic acids is 1. The zero-order chi connectivity index (χ0) is 10.6. The quantitative estimate of drug-likeness (QED) is 0.750. The van der Waals surface area contributed by atoms with Crippen molar-refractivity contribution in [2.45, 2.75) is 26.9 Å². The summed E-state index contributed by atoms with van der Waals surface area (Å²) in [6.07, 6.45) is 0.232. The fourth-order valence-corrected chi connectivity index (χ4v) is 0.988. The molecule has 5 heteroatoms. The third-order valence-corrected chi connectivity index (χ3v) is 2.01. The van der Waals surface area contributed by atoms with Crippen LogP contribution in [0.5, 0.6) is 0 Å². The van der Waals surface area contributed by atoms with Crippen LogP contribution in [0.2, 0.25) is 0 Å². The van der Waals surface area contributed by atoms with Crippen molar-refractivity contribution in [1.82, 2.24) is 10.6 Å². The number of nitrogens with one attached hydrogen (secondary N) is 2. The van der Waals surface area contributed by atoms with E-state index in [2.05, 4.69) is 31.4 Å². The first-order valence-corrected chi connectivity index (χ1v) is 5.06. The van der Waals surface area contributed by atoms with Crippen molar-refractivity contribution in [3.05, 3.63) is 0 Å². The van der Waals surface area contributed by atoms with Crippen molar-refractivity contribution in [2.24, 2.45) is 5.41 Å². The summed E-state index contributed by atoms with van der Waals surface area (Å²) in [4.78, 5) is 11.3. The average molecular weight is 237 g/mol. The molecule has 1 amide bonds. The Bertz CT molecular complexity index is 200. The highest BCUT2D eigenvalue weighted by Gasteiger charge is 2.18. The normalized spacial score (nSPS) is 16.5. The lowest BCUT2D eigenvalue weighted by Gasteiger charge is -2.27. The maximum absolute atomic E-state index is 11.3. The van der Waals surface area contributed by atoms with E-state index in [4.69, 9.17) is 4.74 Å². The lowest BCUT2D eigenvalue weighted by Crippen LogP contribution is -2.49. The molecule has 0 aliphatic carbocycles. The first-order chi connectivity index (χ1) is 6.47. The average Bonchev–Trinajstić information content (AvgIpc) is 1.96. The van der Waals surface area contributed by atoms with Gasteiger partial charge in [-0.2, -0.15) is 0 Å². The smallest absolute Gasteiger partial charge is 0.246 e. The van der Waals surface area contributed by atoms with Gasteiger partial charge in [0.1, 0.15) is 6.61 Å². The van der Waals surface area contributed by atoms with Crippen LogP contribution in [-0.2, 0) is 9.53 Å². The van der Waals surface area contributed by atoms with Gasteiger partial charge in [0, 0.05) is 19.6 Å². The Morgan fingerprint density at radius 3 is 2.47 bits per heavy atom. The van der Waals surface area contributed by atoms with Gasteiger partial charge < -0.3 is 15.4 Å². The lowest BCUT2D eigenvalue weighted by atomic mass is 9.97. The zero-order valence-electron chi connectivity index (χ0n) is 9.63. The van der Waals surface area contributed by atoms with Crippen molar-refractivity contribution in [3.63, 3.8) is 0 Å². The van der Waals surface area contributed by atoms with Gasteiger partial charge in [-0.05, 0) is 5.41 Å². The molecule has 0 aromatic carbocycles. The summed E-state index contributed by atoms with van der Waals surface area (Å²) in [7, 11) is 0. The SMILES string of the molecule is CC(C)(C)CNC(=O)COC1CNC1.Cl. The van der Waals surface area contributed by atoms with Crippen LogP contribution in [0.15, 0.2) is 0 Å². The molecule has 1 saturated heterocycles. The van der Waals surface area contributed by atoms with Crippen molar-refractivity contribution in [3.8, 4) is 0 Å². The molecule has 0 aromatic heterocycles. The van der Waals surface area contributed by atoms with E-state index in [1.807, 2.05) is 0 Å². The second-order valence-electron chi connectivity index (χ2n) is 4.93. The van der Waals surface area contributed by atoms with Crippen LogP contribution >= 0.6 is 12.4 Å². The van der Waals surface area contributed by atoms with Gasteiger partial charge in [0.15, 0.2) is 0 Å². The van der Waals surface area contributed by atoms with E-state index in [0.717, 1.165) is 13.1 Å². The molecule has 1 fully saturated rings. The van der Waals surface area contributed by atoms with Gasteiger partial charge in [-0.15, -0.1) is 12.4 Å². The van der Waals surface area contributed by atoms with Gasteiger partial charge >= 0.3 is 0 Å². The van der Waals surface area contributed by atoms with Gasteiger partial charge in [0.25, 0.3) is 0 Å². The molecule has 1 heterocycles. The summed E-state index contributed by atoms with van der Waals surface area (Å²) in [5, 5.41) is 5.93. The molecule has 4 nitrogen and oxygen atoms in total. The van der Waals surface area contributed by atoms with Gasteiger partial charge in [0.05, 0.1) is 6.10 Å². The largest absolute Gasteiger partial charge is 0.366 e. The predicted molar refractivity (Wildman–Crippen MR) is 62.3 cm³/mol. The standard InChI is InChI=1S/C10H20N2O2.ClH/c1-10(2,3)7-12-9(13)6-14-8-4-11-5-8;/h8,11H,4-7H2,1-3H3,(H,12,13);1H. The summed E-state index contributed by atoms with van der Waals surface area (Å²) in [6.45, 7) is 8.87. The molecule has 15 heavy (non-hydrogen) atoms. The Morgan fingerprint density at radius 1 is 1.47 bits per heavy atom. The molecule has 0 bridgehead atoms. The second-order valence-corrected chi connectivity index (χ2v) is 4.93. The van der Waals surface area contributed by atoms with E-state index < -0.39 is 0 Å². The highest BCUT2D eigenvalue weighted by Crippen LogP contribution is 2.10. The van der Waals surface area contributed by atoms with Crippen LogP contribution in [0.3, 0.4) is 0 Å². The number of hydrogen-bond donors (Lipinski definition) is 2. The third kappa shape index (κ3) is 6.71. The maximum Gasteiger partial charge on any atom is 0.246 e. The number of carbonyl (C=O) groups is 1. The van der Waals surface area contributed by atoms with Gasteiger partial charge in [-0.25, -0.2) is 0 Å². The Kier molecular flexibility index (Phi) is 6.17. The molecule has 0 radical (unpaired) electrons. The predicted octanol–water partition coefficient (Wildman–Crippen LogP) is 0.559. The van der Waals surface area contributed by atoms with E-state index in [1.165, 1.54) is 0 Å². The van der Waals surface area contributed by atoms with E-state index in [0.29, 0.717) is 6.54 Å². The van der Waals surface area contributed by atoms with Crippen LogP contribution in [0, 0.1) is 5.41 Å². The molecule has 2 N–H and O–H groups in total. The molecule has 1 rings (SSSR count). The maximum atomic E-state index is 11.3. The third-order valence-electron chi connectivity index (χ3n) is 2.01. The van der Waals surface area contributed by atoms with Crippen molar-refractivity contribution < 1.29 is 9.53 Å². The molecule has 1 aliphatic heterocycles. The molecular weight excluding hydrogens is 216 g/mol. The van der Waals surface area contributed by atoms with Crippen molar-refractivity contribution in [1.29, 1.82) is 0 Å². The number of amides is 1. The molecule has 0 atom stereocenters. The highest BCUT2D eigenvalue weighted by atomic mass is 35.5. The van der Waals surface area contributed by atoms with Gasteiger partial charge in [-0.3, -0.25) is 4.79 Å². The van der Waals surface area contributed by atoms with Crippen LogP contribution in [0.4, 0.5) is 0 Å². The Hall–Kier alpha value is -0.320. The zero-order valence-corrected chi connectivity index (χ0v) is 10.4. The summed E-state index contributed by atoms with van der Waals surface area (Å²) in [5.74, 6) is -0.0215. The number of hydrogen-bond acceptors (Lipinski definition) is 3. The molecule has 1 aliphatic rings. The van der Waals surface area contributed by atoms with E-state index >= 15 is 0 Å². The molecular formula is C10H21ClN2O2. The minimum Gasteiger partial charge on any atom is -0.366 e. The van der Waals surface area contributed by atoms with Crippen LogP contribution in [0.25, 0.3) is 0 Å². The van der Waals surface area contributed by atoms with Gasteiger partial charge in [-0.1, -0.05) is 20.8 Å². The fraction of sp³-hybridized carbons (Fsp3) is 0.900. The lowest BCUT2D eigenvalue weighted by molar-refractivity contribution is -0.129. The Labute approximate surface area is 97.5 Å². The monoisotopic (exact) mass is 236 g/mol. The molecule has 0 spiro atoms. The molecule has 0 saturated carbocycles. The molecule has 0 unspecified atom stereocenters. The number of ether oxygens (including phenoxy) is 1. The summed E-state index contributed by atoms with van der Waals surface area (Å²) in [6, 6.07) is 0. The summed E-state index contributed by atoms with van der Waals surface area (Å²) >= 11 is 0. The Morgan fingerprint density at radius 2 is 2.07 bits per heavy atom. The number of rotatable bonds is 4. The van der Waals surface area contributed by atoms with Crippen LogP contribution < -0.4 is 10.6 Å². The number of halogens is 1. The fourth-order valence-electron chi connectivity index (χ4n) is 0.988. The van der Waals surface area contributed by atoms with Crippen LogP contribution in [0.1, 0.15) is 20.8 Å².